The molecule has 4 rings (SSSR count). The van der Waals surface area contributed by atoms with Crippen molar-refractivity contribution in [2.24, 2.45) is 5.73 Å². The molecule has 0 aliphatic carbocycles. The third-order valence-electron chi connectivity index (χ3n) is 5.38. The number of alkyl halides is 2. The van der Waals surface area contributed by atoms with E-state index in [1.54, 1.807) is 18.2 Å². The Bertz CT molecular complexity index is 1170. The van der Waals surface area contributed by atoms with Crippen LogP contribution in [0, 0.1) is 0 Å². The van der Waals surface area contributed by atoms with Crippen LogP contribution in [0.2, 0.25) is 5.02 Å². The Labute approximate surface area is 189 Å². The maximum atomic E-state index is 13.1. The molecule has 160 valence electrons. The third-order valence-corrected chi connectivity index (χ3v) is 6.08. The maximum Gasteiger partial charge on any atom is 0.387 e. The summed E-state index contributed by atoms with van der Waals surface area (Å²) in [6.45, 7) is -2.95. The number of ether oxygens (including phenoxy) is 2. The fourth-order valence-corrected chi connectivity index (χ4v) is 3.95. The molecule has 0 fully saturated rings. The predicted molar refractivity (Wildman–Crippen MR) is 123 cm³/mol. The van der Waals surface area contributed by atoms with Gasteiger partial charge in [-0.05, 0) is 41.5 Å². The highest BCUT2D eigenvalue weighted by Crippen LogP contribution is 2.50. The molecular formula is C23H20ClF2N2O2S+. The molecule has 1 unspecified atom stereocenters. The first-order valence-corrected chi connectivity index (χ1v) is 10.3. The standard InChI is InChI=1S/C23H19ClF2N2O2S/c1-28(2,23(27)31)15-9-10-16-17(12-15)21(13-5-3-6-14(24)11-13)29-18-7-4-8-19(20(16)18)30-22(25)26/h3-12,21-22H,1-2H3,(H-,27,31)/p+1. The second-order valence-corrected chi connectivity index (χ2v) is 8.48. The molecule has 4 nitrogen and oxygen atoms in total. The molecule has 0 bridgehead atoms. The smallest absolute Gasteiger partial charge is 0.387 e. The number of nitrogens with zero attached hydrogens (tertiary/aromatic N) is 1. The Morgan fingerprint density at radius 3 is 2.55 bits per heavy atom. The summed E-state index contributed by atoms with van der Waals surface area (Å²) in [5.74, 6) is 0.501. The summed E-state index contributed by atoms with van der Waals surface area (Å²) in [5, 5.41) is 0.858. The molecule has 0 radical (unpaired) electrons. The topological polar surface area (TPSA) is 44.5 Å². The monoisotopic (exact) mass is 461 g/mol. The van der Waals surface area contributed by atoms with Crippen LogP contribution in [0.3, 0.4) is 0 Å². The van der Waals surface area contributed by atoms with E-state index in [4.69, 9.17) is 39.0 Å². The van der Waals surface area contributed by atoms with Gasteiger partial charge < -0.3 is 15.2 Å². The molecule has 0 amide bonds. The molecule has 1 aliphatic heterocycles. The van der Waals surface area contributed by atoms with Gasteiger partial charge >= 0.3 is 6.61 Å². The van der Waals surface area contributed by atoms with Crippen molar-refractivity contribution < 1.29 is 18.3 Å². The Balaban J connectivity index is 1.96. The van der Waals surface area contributed by atoms with E-state index in [9.17, 15) is 8.78 Å². The number of fused-ring (bicyclic) bond motifs is 3. The van der Waals surface area contributed by atoms with Gasteiger partial charge in [0.25, 0.3) is 5.11 Å². The van der Waals surface area contributed by atoms with E-state index in [0.717, 1.165) is 22.4 Å². The summed E-state index contributed by atoms with van der Waals surface area (Å²) >= 11 is 11.5. The molecule has 3 aromatic carbocycles. The van der Waals surface area contributed by atoms with Crippen molar-refractivity contribution in [2.75, 3.05) is 14.1 Å². The van der Waals surface area contributed by atoms with Gasteiger partial charge in [-0.1, -0.05) is 29.8 Å². The van der Waals surface area contributed by atoms with Crippen LogP contribution in [-0.4, -0.2) is 25.8 Å². The second-order valence-electron chi connectivity index (χ2n) is 7.62. The molecule has 0 aromatic heterocycles. The number of hydrogen-bond donors (Lipinski definition) is 1. The van der Waals surface area contributed by atoms with Crippen LogP contribution in [-0.2, 0) is 0 Å². The lowest BCUT2D eigenvalue weighted by atomic mass is 9.88. The summed E-state index contributed by atoms with van der Waals surface area (Å²) in [4.78, 5) is 0. The van der Waals surface area contributed by atoms with E-state index in [1.807, 2.05) is 50.5 Å². The molecule has 8 heteroatoms. The normalized spacial score (nSPS) is 15.1. The van der Waals surface area contributed by atoms with Gasteiger partial charge in [0.2, 0.25) is 0 Å². The first-order chi connectivity index (χ1) is 14.7. The van der Waals surface area contributed by atoms with Crippen LogP contribution in [0.15, 0.2) is 60.7 Å². The van der Waals surface area contributed by atoms with E-state index in [1.165, 1.54) is 6.07 Å². The van der Waals surface area contributed by atoms with Gasteiger partial charge in [-0.15, -0.1) is 0 Å². The Hall–Kier alpha value is -2.74. The summed E-state index contributed by atoms with van der Waals surface area (Å²) in [6.07, 6.45) is -0.505. The fraction of sp³-hybridized carbons (Fsp3) is 0.174. The van der Waals surface area contributed by atoms with Crippen LogP contribution in [0.5, 0.6) is 11.5 Å². The summed E-state index contributed by atoms with van der Waals surface area (Å²) in [6, 6.07) is 17.9. The van der Waals surface area contributed by atoms with E-state index >= 15 is 0 Å². The molecule has 0 saturated carbocycles. The lowest BCUT2D eigenvalue weighted by Crippen LogP contribution is -2.50. The van der Waals surface area contributed by atoms with E-state index in [0.29, 0.717) is 16.3 Å². The molecular weight excluding hydrogens is 442 g/mol. The summed E-state index contributed by atoms with van der Waals surface area (Å²) in [7, 11) is 3.75. The van der Waals surface area contributed by atoms with Gasteiger partial charge in [0, 0.05) is 34.9 Å². The van der Waals surface area contributed by atoms with Gasteiger partial charge in [0.05, 0.1) is 19.7 Å². The van der Waals surface area contributed by atoms with Crippen molar-refractivity contribution >= 4 is 34.6 Å². The molecule has 0 spiro atoms. The van der Waals surface area contributed by atoms with Gasteiger partial charge in [0.1, 0.15) is 23.3 Å². The zero-order valence-electron chi connectivity index (χ0n) is 16.8. The van der Waals surface area contributed by atoms with E-state index < -0.39 is 12.7 Å². The molecule has 1 atom stereocenters. The van der Waals surface area contributed by atoms with Gasteiger partial charge in [0.15, 0.2) is 0 Å². The van der Waals surface area contributed by atoms with Crippen molar-refractivity contribution in [3.63, 3.8) is 0 Å². The van der Waals surface area contributed by atoms with Crippen molar-refractivity contribution in [3.8, 4) is 22.6 Å². The number of halogens is 3. The number of nitrogens with two attached hydrogens (primary N) is 1. The minimum absolute atomic E-state index is 0.0501. The number of hydrogen-bond acceptors (Lipinski definition) is 3. The second kappa shape index (κ2) is 8.07. The first-order valence-electron chi connectivity index (χ1n) is 9.47. The highest BCUT2D eigenvalue weighted by Gasteiger charge is 2.33. The van der Waals surface area contributed by atoms with E-state index in [-0.39, 0.29) is 15.3 Å². The van der Waals surface area contributed by atoms with Crippen molar-refractivity contribution in [2.45, 2.75) is 12.7 Å². The SMILES string of the molecule is C[N+](C)(C(N)=S)c1ccc2c(c1)C(c1cccc(Cl)c1)Oc1cccc(OC(F)F)c1-2. The zero-order valence-corrected chi connectivity index (χ0v) is 18.4. The van der Waals surface area contributed by atoms with Crippen LogP contribution < -0.4 is 19.7 Å². The summed E-state index contributed by atoms with van der Waals surface area (Å²) in [5.41, 5.74) is 9.60. The Kier molecular flexibility index (Phi) is 5.60. The number of quaternary nitrogens is 1. The maximum absolute atomic E-state index is 13.1. The molecule has 0 saturated heterocycles. The molecule has 1 aliphatic rings. The van der Waals surface area contributed by atoms with Crippen LogP contribution in [0.1, 0.15) is 17.2 Å². The lowest BCUT2D eigenvalue weighted by molar-refractivity contribution is -0.0496. The molecule has 3 aromatic rings. The van der Waals surface area contributed by atoms with Crippen LogP contribution in [0.4, 0.5) is 14.5 Å². The van der Waals surface area contributed by atoms with Gasteiger partial charge in [-0.2, -0.15) is 8.78 Å². The van der Waals surface area contributed by atoms with Crippen molar-refractivity contribution in [1.82, 2.24) is 4.48 Å². The fourth-order valence-electron chi connectivity index (χ4n) is 3.65. The van der Waals surface area contributed by atoms with Crippen LogP contribution >= 0.6 is 23.8 Å². The first kappa shape index (κ1) is 21.5. The molecule has 31 heavy (non-hydrogen) atoms. The molecule has 1 heterocycles. The average molecular weight is 462 g/mol. The highest BCUT2D eigenvalue weighted by atomic mass is 35.5. The minimum atomic E-state index is -2.95. The predicted octanol–water partition coefficient (Wildman–Crippen LogP) is 5.90. The zero-order chi connectivity index (χ0) is 22.3. The van der Waals surface area contributed by atoms with Crippen molar-refractivity contribution in [1.29, 1.82) is 0 Å². The minimum Gasteiger partial charge on any atom is -0.480 e. The van der Waals surface area contributed by atoms with E-state index in [2.05, 4.69) is 0 Å². The largest absolute Gasteiger partial charge is 0.480 e. The van der Waals surface area contributed by atoms with Crippen LogP contribution in [0.25, 0.3) is 11.1 Å². The highest BCUT2D eigenvalue weighted by molar-refractivity contribution is 7.80. The van der Waals surface area contributed by atoms with Gasteiger partial charge in [-0.3, -0.25) is 0 Å². The van der Waals surface area contributed by atoms with Crippen molar-refractivity contribution in [3.05, 3.63) is 76.8 Å². The number of benzene rings is 3. The van der Waals surface area contributed by atoms with Gasteiger partial charge in [-0.25, -0.2) is 4.48 Å². The average Bonchev–Trinajstić information content (AvgIpc) is 2.72. The summed E-state index contributed by atoms with van der Waals surface area (Å²) < 4.78 is 37.4. The Morgan fingerprint density at radius 2 is 1.87 bits per heavy atom. The number of rotatable bonds is 4. The third kappa shape index (κ3) is 3.96. The number of thiocarbonyl (C=S) groups is 1. The molecule has 2 N–H and O–H groups in total. The quantitative estimate of drug-likeness (QED) is 0.388. The lowest BCUT2D eigenvalue weighted by Gasteiger charge is -2.32. The Morgan fingerprint density at radius 1 is 1.13 bits per heavy atom.